The number of halogens is 1. The first-order chi connectivity index (χ1) is 9.21. The molecule has 0 amide bonds. The third-order valence-electron chi connectivity index (χ3n) is 2.78. The minimum Gasteiger partial charge on any atom is -0.394 e. The number of nitrogens with zero attached hydrogens (tertiary/aromatic N) is 2. The molecular formula is C13H16FN3OS. The highest BCUT2D eigenvalue weighted by molar-refractivity contribution is 7.15. The predicted molar refractivity (Wildman–Crippen MR) is 73.9 cm³/mol. The maximum Gasteiger partial charge on any atom is 0.205 e. The molecule has 1 unspecified atom stereocenters. The Balaban J connectivity index is 1.99. The second-order valence-corrected chi connectivity index (χ2v) is 5.30. The van der Waals surface area contributed by atoms with Crippen LogP contribution in [0.15, 0.2) is 24.3 Å². The molecule has 1 aromatic carbocycles. The smallest absolute Gasteiger partial charge is 0.205 e. The third kappa shape index (κ3) is 3.97. The third-order valence-corrected chi connectivity index (χ3v) is 3.63. The molecule has 0 aliphatic heterocycles. The molecule has 0 saturated heterocycles. The normalized spacial score (nSPS) is 12.4. The highest BCUT2D eigenvalue weighted by Gasteiger charge is 2.09. The Morgan fingerprint density at radius 2 is 2.05 bits per heavy atom. The Kier molecular flexibility index (Phi) is 4.81. The second-order valence-electron chi connectivity index (χ2n) is 4.24. The zero-order chi connectivity index (χ0) is 13.7. The molecule has 0 radical (unpaired) electrons. The van der Waals surface area contributed by atoms with Gasteiger partial charge in [0.05, 0.1) is 12.6 Å². The summed E-state index contributed by atoms with van der Waals surface area (Å²) in [5.41, 5.74) is 0.998. The molecule has 2 N–H and O–H groups in total. The summed E-state index contributed by atoms with van der Waals surface area (Å²) in [6, 6.07) is 6.37. The van der Waals surface area contributed by atoms with Crippen molar-refractivity contribution in [3.63, 3.8) is 0 Å². The maximum absolute atomic E-state index is 12.8. The summed E-state index contributed by atoms with van der Waals surface area (Å²) in [4.78, 5) is 0. The van der Waals surface area contributed by atoms with Crippen molar-refractivity contribution in [2.75, 3.05) is 11.9 Å². The van der Waals surface area contributed by atoms with Crippen LogP contribution in [0.25, 0.3) is 0 Å². The molecule has 0 aliphatic rings. The van der Waals surface area contributed by atoms with E-state index in [2.05, 4.69) is 15.5 Å². The molecule has 0 bridgehead atoms. The van der Waals surface area contributed by atoms with Gasteiger partial charge in [-0.2, -0.15) is 0 Å². The fraction of sp³-hybridized carbons (Fsp3) is 0.385. The number of aliphatic hydroxyl groups is 1. The summed E-state index contributed by atoms with van der Waals surface area (Å²) >= 11 is 1.45. The number of nitrogens with one attached hydrogen (secondary N) is 1. The van der Waals surface area contributed by atoms with Gasteiger partial charge < -0.3 is 10.4 Å². The van der Waals surface area contributed by atoms with Gasteiger partial charge in [-0.25, -0.2) is 4.39 Å². The molecule has 102 valence electrons. The number of rotatable bonds is 6. The highest BCUT2D eigenvalue weighted by atomic mass is 32.1. The van der Waals surface area contributed by atoms with Crippen LogP contribution in [0.1, 0.15) is 23.9 Å². The zero-order valence-electron chi connectivity index (χ0n) is 10.6. The van der Waals surface area contributed by atoms with Crippen LogP contribution in [0.5, 0.6) is 0 Å². The van der Waals surface area contributed by atoms with Gasteiger partial charge in [-0.1, -0.05) is 30.4 Å². The first kappa shape index (κ1) is 13.9. The van der Waals surface area contributed by atoms with Crippen molar-refractivity contribution in [1.82, 2.24) is 10.2 Å². The first-order valence-electron chi connectivity index (χ1n) is 6.15. The SMILES string of the molecule is CCC(CO)Nc1nnc(Cc2ccc(F)cc2)s1. The summed E-state index contributed by atoms with van der Waals surface area (Å²) in [5.74, 6) is -0.239. The van der Waals surface area contributed by atoms with Gasteiger partial charge in [0.15, 0.2) is 0 Å². The number of aromatic nitrogens is 2. The van der Waals surface area contributed by atoms with E-state index < -0.39 is 0 Å². The molecule has 2 rings (SSSR count). The van der Waals surface area contributed by atoms with Crippen molar-refractivity contribution in [2.24, 2.45) is 0 Å². The number of hydrogen-bond acceptors (Lipinski definition) is 5. The second kappa shape index (κ2) is 6.58. The van der Waals surface area contributed by atoms with E-state index in [9.17, 15) is 4.39 Å². The average Bonchev–Trinajstić information content (AvgIpc) is 2.86. The largest absolute Gasteiger partial charge is 0.394 e. The van der Waals surface area contributed by atoms with E-state index in [0.717, 1.165) is 17.0 Å². The van der Waals surface area contributed by atoms with Crippen LogP contribution >= 0.6 is 11.3 Å². The van der Waals surface area contributed by atoms with Gasteiger partial charge in [-0.05, 0) is 24.1 Å². The van der Waals surface area contributed by atoms with Gasteiger partial charge >= 0.3 is 0 Å². The molecule has 19 heavy (non-hydrogen) atoms. The predicted octanol–water partition coefficient (Wildman–Crippen LogP) is 2.45. The van der Waals surface area contributed by atoms with Gasteiger partial charge in [-0.3, -0.25) is 0 Å². The van der Waals surface area contributed by atoms with Crippen molar-refractivity contribution >= 4 is 16.5 Å². The number of hydrogen-bond donors (Lipinski definition) is 2. The van der Waals surface area contributed by atoms with E-state index in [1.165, 1.54) is 23.5 Å². The van der Waals surface area contributed by atoms with Crippen LogP contribution in [0, 0.1) is 5.82 Å². The lowest BCUT2D eigenvalue weighted by Gasteiger charge is -2.11. The molecule has 0 aliphatic carbocycles. The molecule has 0 spiro atoms. The summed E-state index contributed by atoms with van der Waals surface area (Å²) in [5, 5.41) is 21.9. The standard InChI is InChI=1S/C13H16FN3OS/c1-2-11(8-18)15-13-17-16-12(19-13)7-9-3-5-10(14)6-4-9/h3-6,11,18H,2,7-8H2,1H3,(H,15,17). The Morgan fingerprint density at radius 1 is 1.32 bits per heavy atom. The first-order valence-corrected chi connectivity index (χ1v) is 6.97. The van der Waals surface area contributed by atoms with Gasteiger partial charge in [-0.15, -0.1) is 10.2 Å². The van der Waals surface area contributed by atoms with E-state index in [1.54, 1.807) is 12.1 Å². The fourth-order valence-electron chi connectivity index (χ4n) is 1.61. The van der Waals surface area contributed by atoms with E-state index in [0.29, 0.717) is 11.6 Å². The molecule has 0 fully saturated rings. The Morgan fingerprint density at radius 3 is 2.68 bits per heavy atom. The zero-order valence-corrected chi connectivity index (χ0v) is 11.5. The van der Waals surface area contributed by atoms with Crippen molar-refractivity contribution in [1.29, 1.82) is 0 Å². The Hall–Kier alpha value is -1.53. The number of anilines is 1. The lowest BCUT2D eigenvalue weighted by atomic mass is 10.2. The van der Waals surface area contributed by atoms with E-state index in [1.807, 2.05) is 6.92 Å². The van der Waals surface area contributed by atoms with Crippen LogP contribution in [0.3, 0.4) is 0 Å². The maximum atomic E-state index is 12.8. The van der Waals surface area contributed by atoms with Crippen molar-refractivity contribution < 1.29 is 9.50 Å². The van der Waals surface area contributed by atoms with Crippen LogP contribution in [0.4, 0.5) is 9.52 Å². The van der Waals surface area contributed by atoms with Crippen LogP contribution in [-0.2, 0) is 6.42 Å². The molecule has 4 nitrogen and oxygen atoms in total. The van der Waals surface area contributed by atoms with Gasteiger partial charge in [0.1, 0.15) is 10.8 Å². The number of aliphatic hydroxyl groups excluding tert-OH is 1. The summed E-state index contributed by atoms with van der Waals surface area (Å²) in [6.07, 6.45) is 1.46. The minimum atomic E-state index is -0.239. The van der Waals surface area contributed by atoms with Crippen LogP contribution < -0.4 is 5.32 Å². The molecule has 1 aromatic heterocycles. The summed E-state index contributed by atoms with van der Waals surface area (Å²) in [6.45, 7) is 2.07. The quantitative estimate of drug-likeness (QED) is 0.854. The van der Waals surface area contributed by atoms with Crippen molar-refractivity contribution in [3.05, 3.63) is 40.7 Å². The van der Waals surface area contributed by atoms with E-state index in [4.69, 9.17) is 5.11 Å². The lowest BCUT2D eigenvalue weighted by Crippen LogP contribution is -2.22. The van der Waals surface area contributed by atoms with Crippen LogP contribution in [-0.4, -0.2) is 28.0 Å². The molecule has 1 atom stereocenters. The summed E-state index contributed by atoms with van der Waals surface area (Å²) < 4.78 is 12.8. The number of benzene rings is 1. The molecule has 1 heterocycles. The average molecular weight is 281 g/mol. The van der Waals surface area contributed by atoms with E-state index >= 15 is 0 Å². The molecular weight excluding hydrogens is 265 g/mol. The summed E-state index contributed by atoms with van der Waals surface area (Å²) in [7, 11) is 0. The molecule has 2 aromatic rings. The topological polar surface area (TPSA) is 58.0 Å². The minimum absolute atomic E-state index is 0.00613. The van der Waals surface area contributed by atoms with Crippen molar-refractivity contribution in [3.8, 4) is 0 Å². The van der Waals surface area contributed by atoms with E-state index in [-0.39, 0.29) is 18.5 Å². The Labute approximate surface area is 115 Å². The highest BCUT2D eigenvalue weighted by Crippen LogP contribution is 2.19. The fourth-order valence-corrected chi connectivity index (χ4v) is 2.46. The van der Waals surface area contributed by atoms with Crippen LogP contribution in [0.2, 0.25) is 0 Å². The monoisotopic (exact) mass is 281 g/mol. The molecule has 0 saturated carbocycles. The Bertz CT molecular complexity index is 511. The van der Waals surface area contributed by atoms with Crippen molar-refractivity contribution in [2.45, 2.75) is 25.8 Å². The van der Waals surface area contributed by atoms with Gasteiger partial charge in [0.2, 0.25) is 5.13 Å². The van der Waals surface area contributed by atoms with Gasteiger partial charge in [0.25, 0.3) is 0 Å². The lowest BCUT2D eigenvalue weighted by molar-refractivity contribution is 0.272. The van der Waals surface area contributed by atoms with Gasteiger partial charge in [0, 0.05) is 6.42 Å². The molecule has 6 heteroatoms.